The van der Waals surface area contributed by atoms with Crippen molar-refractivity contribution < 1.29 is 28.3 Å². The number of nitrogens with zero attached hydrogens (tertiary/aromatic N) is 3. The highest BCUT2D eigenvalue weighted by molar-refractivity contribution is 6.99. The van der Waals surface area contributed by atoms with E-state index >= 15 is 0 Å². The molecule has 0 saturated heterocycles. The van der Waals surface area contributed by atoms with Gasteiger partial charge in [-0.25, -0.2) is 4.79 Å². The number of hydrogen-bond donors (Lipinski definition) is 1. The predicted molar refractivity (Wildman–Crippen MR) is 158 cm³/mol. The van der Waals surface area contributed by atoms with Gasteiger partial charge in [-0.2, -0.15) is 4.37 Å². The van der Waals surface area contributed by atoms with E-state index in [-0.39, 0.29) is 18.3 Å². The molecule has 0 radical (unpaired) electrons. The van der Waals surface area contributed by atoms with Crippen LogP contribution in [0.25, 0.3) is 5.57 Å². The lowest BCUT2D eigenvalue weighted by Crippen LogP contribution is -2.60. The molecule has 2 atom stereocenters. The molecule has 40 heavy (non-hydrogen) atoms. The number of aromatic nitrogens is 2. The third-order valence-corrected chi connectivity index (χ3v) is 8.22. The highest BCUT2D eigenvalue weighted by Gasteiger charge is 2.46. The van der Waals surface area contributed by atoms with Crippen LogP contribution in [0.1, 0.15) is 110 Å². The lowest BCUT2D eigenvalue weighted by molar-refractivity contribution is -0.951. The van der Waals surface area contributed by atoms with Crippen LogP contribution in [0.15, 0.2) is 6.08 Å². The number of likely N-dealkylation sites (N-methyl/N-ethyl adjacent to an activating group) is 1. The van der Waals surface area contributed by atoms with Crippen LogP contribution in [0, 0.1) is 5.92 Å². The molecule has 1 aromatic heterocycles. The topological polar surface area (TPSA) is 99.6 Å². The maximum Gasteiger partial charge on any atom is 0.411 e. The molecule has 0 bridgehead atoms. The van der Waals surface area contributed by atoms with Gasteiger partial charge in [0.25, 0.3) is 5.88 Å². The Kier molecular flexibility index (Phi) is 12.7. The van der Waals surface area contributed by atoms with Crippen molar-refractivity contribution in [3.8, 4) is 5.88 Å². The van der Waals surface area contributed by atoms with Gasteiger partial charge in [-0.05, 0) is 52.9 Å². The van der Waals surface area contributed by atoms with Crippen molar-refractivity contribution in [3.63, 3.8) is 0 Å². The Bertz CT molecular complexity index is 972. The zero-order valence-corrected chi connectivity index (χ0v) is 26.2. The van der Waals surface area contributed by atoms with Gasteiger partial charge >= 0.3 is 12.1 Å². The standard InChI is InChI=1S/C30H50N4O5S/c1-6-7-8-12-21-37-27-26(32-40-33-27)24-17-14-20-34(5,22-24)28(23-15-13-16-23)38-29(36)31-19-11-9-10-18-25(35)39-30(2,3)4/h17,23,28H,6-16,18-22H2,1-5H3/p+1. The van der Waals surface area contributed by atoms with E-state index in [1.807, 2.05) is 20.8 Å². The van der Waals surface area contributed by atoms with Gasteiger partial charge in [0.2, 0.25) is 6.23 Å². The fourth-order valence-electron chi connectivity index (χ4n) is 5.39. The highest BCUT2D eigenvalue weighted by atomic mass is 32.1. The third-order valence-electron chi connectivity index (χ3n) is 7.70. The van der Waals surface area contributed by atoms with E-state index in [0.717, 1.165) is 75.7 Å². The molecule has 1 amide bonds. The second-order valence-corrected chi connectivity index (χ2v) is 13.0. The lowest BCUT2D eigenvalue weighted by Gasteiger charge is -2.47. The molecule has 1 aliphatic carbocycles. The zero-order valence-electron chi connectivity index (χ0n) is 25.3. The van der Waals surface area contributed by atoms with Crippen molar-refractivity contribution in [2.45, 2.75) is 117 Å². The van der Waals surface area contributed by atoms with Gasteiger partial charge in [0.05, 0.1) is 31.9 Å². The Morgan fingerprint density at radius 1 is 1.12 bits per heavy atom. The molecule has 2 unspecified atom stereocenters. The first kappa shape index (κ1) is 32.3. The first-order valence-corrected chi connectivity index (χ1v) is 16.0. The molecule has 2 aliphatic rings. The van der Waals surface area contributed by atoms with Crippen LogP contribution in [-0.2, 0) is 14.3 Å². The maximum atomic E-state index is 12.9. The summed E-state index contributed by atoms with van der Waals surface area (Å²) in [7, 11) is 2.20. The number of hydrogen-bond acceptors (Lipinski definition) is 8. The Balaban J connectivity index is 1.49. The van der Waals surface area contributed by atoms with E-state index in [1.54, 1.807) is 0 Å². The normalized spacial score (nSPS) is 20.3. The fourth-order valence-corrected chi connectivity index (χ4v) is 5.92. The van der Waals surface area contributed by atoms with E-state index in [1.165, 1.54) is 31.0 Å². The third kappa shape index (κ3) is 10.3. The number of nitrogens with one attached hydrogen (secondary N) is 1. The van der Waals surface area contributed by atoms with Crippen molar-refractivity contribution in [2.24, 2.45) is 5.92 Å². The van der Waals surface area contributed by atoms with Gasteiger partial charge in [-0.15, -0.1) is 4.37 Å². The molecule has 1 aliphatic heterocycles. The summed E-state index contributed by atoms with van der Waals surface area (Å²) in [5.74, 6) is 0.827. The number of carbonyl (C=O) groups excluding carboxylic acids is 2. The summed E-state index contributed by atoms with van der Waals surface area (Å²) in [5.41, 5.74) is 1.52. The fraction of sp³-hybridized carbons (Fsp3) is 0.800. The number of unbranched alkanes of at least 4 members (excludes halogenated alkanes) is 5. The summed E-state index contributed by atoms with van der Waals surface area (Å²) in [6.45, 7) is 10.7. The Morgan fingerprint density at radius 3 is 2.60 bits per heavy atom. The van der Waals surface area contributed by atoms with Gasteiger partial charge < -0.3 is 19.5 Å². The molecular weight excluding hydrogens is 528 g/mol. The summed E-state index contributed by atoms with van der Waals surface area (Å²) in [6.07, 6.45) is 13.3. The van der Waals surface area contributed by atoms with Crippen LogP contribution in [-0.4, -0.2) is 70.4 Å². The Labute approximate surface area is 244 Å². The smallest absolute Gasteiger partial charge is 0.411 e. The van der Waals surface area contributed by atoms with E-state index in [2.05, 4.69) is 34.1 Å². The molecule has 1 N–H and O–H groups in total. The number of alkyl carbamates (subject to hydrolysis) is 1. The van der Waals surface area contributed by atoms with Crippen LogP contribution in [0.5, 0.6) is 5.88 Å². The van der Waals surface area contributed by atoms with Crippen molar-refractivity contribution >= 4 is 29.4 Å². The van der Waals surface area contributed by atoms with Gasteiger partial charge in [0, 0.05) is 30.9 Å². The van der Waals surface area contributed by atoms with Crippen molar-refractivity contribution in [1.29, 1.82) is 0 Å². The second-order valence-electron chi connectivity index (χ2n) is 12.5. The van der Waals surface area contributed by atoms with Crippen molar-refractivity contribution in [2.75, 3.05) is 33.3 Å². The molecular formula is C30H51N4O5S+. The van der Waals surface area contributed by atoms with Crippen LogP contribution < -0.4 is 10.1 Å². The van der Waals surface area contributed by atoms with E-state index < -0.39 is 5.60 Å². The molecule has 2 heterocycles. The SMILES string of the molecule is CCCCCCOc1nsnc1C1=CCC[N+](C)(C(OC(=O)NCCCCCC(=O)OC(C)(C)C)C2CCC2)C1. The van der Waals surface area contributed by atoms with Crippen molar-refractivity contribution in [3.05, 3.63) is 11.8 Å². The first-order valence-electron chi connectivity index (χ1n) is 15.3. The minimum Gasteiger partial charge on any atom is -0.475 e. The molecule has 10 heteroatoms. The van der Waals surface area contributed by atoms with Gasteiger partial charge in [0.1, 0.15) is 17.8 Å². The number of ether oxygens (including phenoxy) is 3. The Hall–Kier alpha value is -2.20. The van der Waals surface area contributed by atoms with Gasteiger partial charge in [-0.3, -0.25) is 9.28 Å². The first-order chi connectivity index (χ1) is 19.1. The second kappa shape index (κ2) is 15.7. The number of quaternary nitrogens is 1. The molecule has 226 valence electrons. The average Bonchev–Trinajstić information content (AvgIpc) is 3.32. The van der Waals surface area contributed by atoms with Crippen LogP contribution in [0.4, 0.5) is 4.79 Å². The van der Waals surface area contributed by atoms with E-state index in [4.69, 9.17) is 14.2 Å². The number of esters is 1. The quantitative estimate of drug-likeness (QED) is 0.136. The van der Waals surface area contributed by atoms with Gasteiger partial charge in [-0.1, -0.05) is 45.1 Å². The van der Waals surface area contributed by atoms with Crippen LogP contribution in [0.3, 0.4) is 0 Å². The molecule has 0 spiro atoms. The summed E-state index contributed by atoms with van der Waals surface area (Å²) in [4.78, 5) is 24.7. The van der Waals surface area contributed by atoms with Crippen molar-refractivity contribution in [1.82, 2.24) is 14.1 Å². The van der Waals surface area contributed by atoms with E-state index in [0.29, 0.717) is 35.9 Å². The minimum atomic E-state index is -0.454. The molecule has 9 nitrogen and oxygen atoms in total. The Morgan fingerprint density at radius 2 is 1.90 bits per heavy atom. The average molecular weight is 580 g/mol. The van der Waals surface area contributed by atoms with Crippen LogP contribution in [0.2, 0.25) is 0 Å². The minimum absolute atomic E-state index is 0.172. The molecule has 1 fully saturated rings. The lowest BCUT2D eigenvalue weighted by atomic mass is 9.82. The monoisotopic (exact) mass is 579 g/mol. The number of rotatable bonds is 16. The molecule has 1 saturated carbocycles. The molecule has 1 aromatic rings. The van der Waals surface area contributed by atoms with Crippen LogP contribution >= 0.6 is 11.7 Å². The summed E-state index contributed by atoms with van der Waals surface area (Å²) in [5, 5.41) is 2.94. The highest BCUT2D eigenvalue weighted by Crippen LogP contribution is 2.39. The van der Waals surface area contributed by atoms with Gasteiger partial charge in [0.15, 0.2) is 0 Å². The summed E-state index contributed by atoms with van der Waals surface area (Å²) < 4.78 is 27.2. The molecule has 3 rings (SSSR count). The summed E-state index contributed by atoms with van der Waals surface area (Å²) >= 11 is 1.19. The molecule has 0 aromatic carbocycles. The summed E-state index contributed by atoms with van der Waals surface area (Å²) in [6, 6.07) is 0. The van der Waals surface area contributed by atoms with E-state index in [9.17, 15) is 9.59 Å². The number of amides is 1. The number of carbonyl (C=O) groups is 2. The maximum absolute atomic E-state index is 12.9. The largest absolute Gasteiger partial charge is 0.475 e. The predicted octanol–water partition coefficient (Wildman–Crippen LogP) is 6.49. The zero-order chi connectivity index (χ0) is 29.0.